The Kier molecular flexibility index (Phi) is 6.80. The average Bonchev–Trinajstić information content (AvgIpc) is 3.60. The molecule has 1 spiro atoms. The van der Waals surface area contributed by atoms with Gasteiger partial charge in [-0.05, 0) is 61.3 Å². The first-order valence-corrected chi connectivity index (χ1v) is 13.5. The van der Waals surface area contributed by atoms with Gasteiger partial charge in [0.2, 0.25) is 5.91 Å². The number of rotatable bonds is 5. The van der Waals surface area contributed by atoms with Gasteiger partial charge in [-0.1, -0.05) is 11.8 Å². The second-order valence-electron chi connectivity index (χ2n) is 9.71. The van der Waals surface area contributed by atoms with Crippen LogP contribution in [0, 0.1) is 5.41 Å². The van der Waals surface area contributed by atoms with Crippen LogP contribution in [0.2, 0.25) is 0 Å². The number of nitrogens with one attached hydrogen (secondary N) is 1. The normalized spacial score (nSPS) is 16.9. The molecule has 3 aromatic rings. The fourth-order valence-corrected chi connectivity index (χ4v) is 5.80. The quantitative estimate of drug-likeness (QED) is 0.402. The van der Waals surface area contributed by atoms with Crippen LogP contribution < -0.4 is 10.9 Å². The Balaban J connectivity index is 1.19. The van der Waals surface area contributed by atoms with Crippen LogP contribution in [0.25, 0.3) is 10.9 Å². The number of carbonyl (C=O) groups is 3. The number of carbonyl (C=O) groups excluding carboxylic acids is 3. The van der Waals surface area contributed by atoms with Crippen LogP contribution in [-0.4, -0.2) is 76.1 Å². The Labute approximate surface area is 218 Å². The van der Waals surface area contributed by atoms with Gasteiger partial charge in [0.1, 0.15) is 0 Å². The van der Waals surface area contributed by atoms with Gasteiger partial charge in [0.25, 0.3) is 17.4 Å². The number of furan rings is 1. The molecular formula is C26H29N5O5S. The lowest BCUT2D eigenvalue weighted by Gasteiger charge is -2.39. The number of benzene rings is 1. The molecule has 2 aromatic heterocycles. The molecule has 0 saturated carbocycles. The van der Waals surface area contributed by atoms with E-state index in [2.05, 4.69) is 10.3 Å². The Hall–Kier alpha value is -3.60. The molecule has 0 aliphatic carbocycles. The summed E-state index contributed by atoms with van der Waals surface area (Å²) in [6.45, 7) is 2.41. The molecule has 4 heterocycles. The van der Waals surface area contributed by atoms with E-state index in [1.807, 2.05) is 11.2 Å². The summed E-state index contributed by atoms with van der Waals surface area (Å²) in [6, 6.07) is 8.27. The summed E-state index contributed by atoms with van der Waals surface area (Å²) in [5, 5.41) is 3.70. The fraction of sp³-hybridized carbons (Fsp3) is 0.423. The third-order valence-corrected chi connectivity index (χ3v) is 8.24. The number of amides is 3. The van der Waals surface area contributed by atoms with Crippen molar-refractivity contribution in [1.82, 2.24) is 24.7 Å². The molecule has 0 unspecified atom stereocenters. The molecule has 194 valence electrons. The number of piperidine rings is 1. The minimum Gasteiger partial charge on any atom is -0.459 e. The molecule has 0 radical (unpaired) electrons. The van der Waals surface area contributed by atoms with Crippen LogP contribution in [-0.2, 0) is 11.8 Å². The van der Waals surface area contributed by atoms with Gasteiger partial charge in [0, 0.05) is 38.8 Å². The molecule has 2 saturated heterocycles. The van der Waals surface area contributed by atoms with Crippen LogP contribution in [0.5, 0.6) is 0 Å². The molecule has 2 aliphatic heterocycles. The lowest BCUT2D eigenvalue weighted by atomic mass is 9.78. The Morgan fingerprint density at radius 3 is 2.51 bits per heavy atom. The molecule has 0 bridgehead atoms. The van der Waals surface area contributed by atoms with E-state index in [0.29, 0.717) is 47.8 Å². The number of likely N-dealkylation sites (tertiary alicyclic amines) is 2. The van der Waals surface area contributed by atoms with Crippen molar-refractivity contribution in [1.29, 1.82) is 0 Å². The molecule has 2 fully saturated rings. The van der Waals surface area contributed by atoms with E-state index in [1.165, 1.54) is 22.6 Å². The largest absolute Gasteiger partial charge is 0.459 e. The summed E-state index contributed by atoms with van der Waals surface area (Å²) in [5.74, 6) is -0.424. The van der Waals surface area contributed by atoms with Gasteiger partial charge in [-0.15, -0.1) is 0 Å². The van der Waals surface area contributed by atoms with Crippen molar-refractivity contribution in [2.24, 2.45) is 12.5 Å². The molecule has 5 rings (SSSR count). The highest BCUT2D eigenvalue weighted by Crippen LogP contribution is 2.40. The summed E-state index contributed by atoms with van der Waals surface area (Å²) < 4.78 is 6.57. The maximum atomic E-state index is 13.3. The van der Waals surface area contributed by atoms with Gasteiger partial charge in [-0.2, -0.15) is 0 Å². The van der Waals surface area contributed by atoms with Gasteiger partial charge in [0.05, 0.1) is 23.7 Å². The van der Waals surface area contributed by atoms with Crippen molar-refractivity contribution in [2.45, 2.75) is 24.4 Å². The van der Waals surface area contributed by atoms with Crippen molar-refractivity contribution >= 4 is 40.4 Å². The van der Waals surface area contributed by atoms with Crippen molar-refractivity contribution in [3.05, 3.63) is 58.3 Å². The van der Waals surface area contributed by atoms with Crippen LogP contribution >= 0.6 is 11.8 Å². The highest BCUT2D eigenvalue weighted by atomic mass is 32.2. The predicted octanol–water partition coefficient (Wildman–Crippen LogP) is 2.13. The van der Waals surface area contributed by atoms with Gasteiger partial charge >= 0.3 is 0 Å². The minimum atomic E-state index is -0.411. The Bertz CT molecular complexity index is 1410. The van der Waals surface area contributed by atoms with E-state index in [0.717, 1.165) is 19.3 Å². The summed E-state index contributed by atoms with van der Waals surface area (Å²) in [4.78, 5) is 58.8. The number of nitrogens with zero attached hydrogens (tertiary/aromatic N) is 4. The maximum Gasteiger partial charge on any atom is 0.287 e. The lowest BCUT2D eigenvalue weighted by Crippen LogP contribution is -2.47. The molecule has 3 amide bonds. The molecule has 1 N–H and O–H groups in total. The van der Waals surface area contributed by atoms with Crippen LogP contribution in [0.15, 0.2) is 51.0 Å². The molecule has 1 aromatic carbocycles. The monoisotopic (exact) mass is 523 g/mol. The zero-order valence-electron chi connectivity index (χ0n) is 20.9. The van der Waals surface area contributed by atoms with Crippen LogP contribution in [0.3, 0.4) is 0 Å². The summed E-state index contributed by atoms with van der Waals surface area (Å²) in [6.07, 6.45) is 5.78. The first-order valence-electron chi connectivity index (χ1n) is 12.2. The van der Waals surface area contributed by atoms with E-state index in [-0.39, 0.29) is 35.1 Å². The Morgan fingerprint density at radius 2 is 1.84 bits per heavy atom. The first-order chi connectivity index (χ1) is 17.8. The maximum absolute atomic E-state index is 13.3. The molecular weight excluding hydrogens is 494 g/mol. The first kappa shape index (κ1) is 25.1. The smallest absolute Gasteiger partial charge is 0.287 e. The van der Waals surface area contributed by atoms with Crippen molar-refractivity contribution in [3.63, 3.8) is 0 Å². The molecule has 11 heteroatoms. The van der Waals surface area contributed by atoms with Gasteiger partial charge in [-0.25, -0.2) is 4.98 Å². The number of hydrogen-bond donors (Lipinski definition) is 1. The van der Waals surface area contributed by atoms with Gasteiger partial charge in [-0.3, -0.25) is 23.7 Å². The number of thioether (sulfide) groups is 1. The molecule has 0 atom stereocenters. The second kappa shape index (κ2) is 10.0. The van der Waals surface area contributed by atoms with E-state index in [1.54, 1.807) is 42.3 Å². The van der Waals surface area contributed by atoms with E-state index >= 15 is 0 Å². The molecule has 2 aliphatic rings. The van der Waals surface area contributed by atoms with Gasteiger partial charge in [0.15, 0.2) is 10.9 Å². The fourth-order valence-electron chi connectivity index (χ4n) is 5.26. The number of fused-ring (bicyclic) bond motifs is 1. The number of hydrogen-bond acceptors (Lipinski definition) is 7. The van der Waals surface area contributed by atoms with Crippen molar-refractivity contribution in [2.75, 3.05) is 39.0 Å². The van der Waals surface area contributed by atoms with E-state index in [4.69, 9.17) is 4.42 Å². The zero-order valence-corrected chi connectivity index (χ0v) is 21.7. The van der Waals surface area contributed by atoms with Gasteiger partial charge < -0.3 is 19.5 Å². The average molecular weight is 524 g/mol. The third-order valence-electron chi connectivity index (χ3n) is 7.51. The SMILES string of the molecule is CSc1nc2cc(C(=O)N3CCC4(CCN(C(=O)CNC(=O)c5ccco5)CC4)C3)ccc2c(=O)n1C. The molecule has 10 nitrogen and oxygen atoms in total. The lowest BCUT2D eigenvalue weighted by molar-refractivity contribution is -0.132. The molecule has 37 heavy (non-hydrogen) atoms. The van der Waals surface area contributed by atoms with Crippen molar-refractivity contribution < 1.29 is 18.8 Å². The third kappa shape index (κ3) is 4.87. The predicted molar refractivity (Wildman–Crippen MR) is 139 cm³/mol. The van der Waals surface area contributed by atoms with E-state index < -0.39 is 5.91 Å². The van der Waals surface area contributed by atoms with Crippen LogP contribution in [0.4, 0.5) is 0 Å². The van der Waals surface area contributed by atoms with Crippen molar-refractivity contribution in [3.8, 4) is 0 Å². The van der Waals surface area contributed by atoms with E-state index in [9.17, 15) is 19.2 Å². The second-order valence-corrected chi connectivity index (χ2v) is 10.5. The summed E-state index contributed by atoms with van der Waals surface area (Å²) in [7, 11) is 1.69. The highest BCUT2D eigenvalue weighted by molar-refractivity contribution is 7.98. The zero-order chi connectivity index (χ0) is 26.2. The number of aromatic nitrogens is 2. The summed E-state index contributed by atoms with van der Waals surface area (Å²) in [5.41, 5.74) is 0.909. The minimum absolute atomic E-state index is 0.0130. The summed E-state index contributed by atoms with van der Waals surface area (Å²) >= 11 is 1.39. The topological polar surface area (TPSA) is 118 Å². The Morgan fingerprint density at radius 1 is 1.11 bits per heavy atom. The highest BCUT2D eigenvalue weighted by Gasteiger charge is 2.43. The van der Waals surface area contributed by atoms with Crippen LogP contribution in [0.1, 0.15) is 40.2 Å². The standard InChI is InChI=1S/C26H29N5O5S/c1-29-24(35)18-6-5-17(14-19(18)28-25(29)37-2)23(34)31-12-9-26(16-31)7-10-30(11-8-26)21(32)15-27-22(33)20-4-3-13-36-20/h3-6,13-14H,7-12,15-16H2,1-2H3,(H,27,33).